The zero-order chi connectivity index (χ0) is 17.8. The molecule has 0 bridgehead atoms. The molecule has 3 rings (SSSR count). The SMILES string of the molecule is CCc1c(-c2ccc(OCCCSF)cc2)nc2c(Cl)cc(Cl)cn12. The molecule has 3 nitrogen and oxygen atoms in total. The van der Waals surface area contributed by atoms with Crippen LogP contribution in [0.5, 0.6) is 5.75 Å². The van der Waals surface area contributed by atoms with Gasteiger partial charge in [-0.2, -0.15) is 3.89 Å². The summed E-state index contributed by atoms with van der Waals surface area (Å²) < 4.78 is 19.6. The first-order valence-corrected chi connectivity index (χ1v) is 9.61. The molecule has 1 aromatic carbocycles. The molecule has 0 spiro atoms. The Balaban J connectivity index is 1.90. The van der Waals surface area contributed by atoms with Crippen molar-refractivity contribution in [3.63, 3.8) is 0 Å². The lowest BCUT2D eigenvalue weighted by atomic mass is 10.1. The van der Waals surface area contributed by atoms with Crippen LogP contribution < -0.4 is 4.74 Å². The molecule has 0 radical (unpaired) electrons. The van der Waals surface area contributed by atoms with Gasteiger partial charge in [-0.25, -0.2) is 4.98 Å². The number of hydrogen-bond donors (Lipinski definition) is 0. The van der Waals surface area contributed by atoms with Gasteiger partial charge in [0, 0.05) is 29.7 Å². The van der Waals surface area contributed by atoms with Crippen molar-refractivity contribution in [2.24, 2.45) is 0 Å². The number of hydrogen-bond acceptors (Lipinski definition) is 3. The summed E-state index contributed by atoms with van der Waals surface area (Å²) in [5, 5.41) is 1.10. The maximum atomic E-state index is 12.0. The number of fused-ring (bicyclic) bond motifs is 1. The van der Waals surface area contributed by atoms with Crippen LogP contribution in [0.2, 0.25) is 10.0 Å². The van der Waals surface area contributed by atoms with Crippen molar-refractivity contribution in [3.8, 4) is 17.0 Å². The normalized spacial score (nSPS) is 11.2. The smallest absolute Gasteiger partial charge is 0.156 e. The number of nitrogens with zero attached hydrogens (tertiary/aromatic N) is 2. The Bertz CT molecular complexity index is 868. The molecule has 2 aromatic heterocycles. The number of benzene rings is 1. The van der Waals surface area contributed by atoms with E-state index in [1.165, 1.54) is 0 Å². The van der Waals surface area contributed by atoms with Crippen molar-refractivity contribution < 1.29 is 8.62 Å². The van der Waals surface area contributed by atoms with Crippen molar-refractivity contribution in [1.29, 1.82) is 0 Å². The third-order valence-corrected chi connectivity index (χ3v) is 4.77. The number of ether oxygens (including phenoxy) is 1. The molecule has 0 aliphatic heterocycles. The lowest BCUT2D eigenvalue weighted by Gasteiger charge is -2.07. The molecular formula is C18H17Cl2FN2OS. The van der Waals surface area contributed by atoms with Crippen LogP contribution in [0.1, 0.15) is 19.0 Å². The molecule has 0 aliphatic carbocycles. The van der Waals surface area contributed by atoms with Crippen LogP contribution >= 0.6 is 35.3 Å². The summed E-state index contributed by atoms with van der Waals surface area (Å²) in [7, 11) is 0. The Labute approximate surface area is 160 Å². The zero-order valence-corrected chi connectivity index (χ0v) is 16.0. The highest BCUT2D eigenvalue weighted by molar-refractivity contribution is 7.94. The van der Waals surface area contributed by atoms with E-state index in [4.69, 9.17) is 32.9 Å². The average Bonchev–Trinajstić information content (AvgIpc) is 2.98. The molecule has 0 aliphatic rings. The number of imidazole rings is 1. The molecule has 0 saturated heterocycles. The molecule has 25 heavy (non-hydrogen) atoms. The second-order valence-electron chi connectivity index (χ2n) is 5.50. The van der Waals surface area contributed by atoms with E-state index in [1.807, 2.05) is 34.9 Å². The van der Waals surface area contributed by atoms with Crippen molar-refractivity contribution in [2.75, 3.05) is 12.4 Å². The number of aromatic nitrogens is 2. The molecule has 0 fully saturated rings. The van der Waals surface area contributed by atoms with Crippen LogP contribution in [0, 0.1) is 0 Å². The molecular weight excluding hydrogens is 382 g/mol. The van der Waals surface area contributed by atoms with Gasteiger partial charge in [-0.15, -0.1) is 0 Å². The van der Waals surface area contributed by atoms with Gasteiger partial charge < -0.3 is 9.14 Å². The minimum Gasteiger partial charge on any atom is -0.494 e. The van der Waals surface area contributed by atoms with E-state index in [2.05, 4.69) is 6.92 Å². The van der Waals surface area contributed by atoms with Crippen LogP contribution in [0.4, 0.5) is 3.89 Å². The van der Waals surface area contributed by atoms with Gasteiger partial charge in [0.2, 0.25) is 0 Å². The van der Waals surface area contributed by atoms with Crippen LogP contribution in [-0.2, 0) is 6.42 Å². The summed E-state index contributed by atoms with van der Waals surface area (Å²) in [6.45, 7) is 2.57. The van der Waals surface area contributed by atoms with E-state index in [-0.39, 0.29) is 0 Å². The van der Waals surface area contributed by atoms with Gasteiger partial charge in [0.25, 0.3) is 0 Å². The molecule has 0 saturated carbocycles. The van der Waals surface area contributed by atoms with E-state index in [0.717, 1.165) is 29.1 Å². The highest BCUT2D eigenvalue weighted by Gasteiger charge is 2.15. The van der Waals surface area contributed by atoms with E-state index < -0.39 is 0 Å². The number of aryl methyl sites for hydroxylation is 1. The average molecular weight is 399 g/mol. The van der Waals surface area contributed by atoms with Crippen molar-refractivity contribution >= 4 is 41.0 Å². The Kier molecular flexibility index (Phi) is 6.10. The fraction of sp³-hybridized carbons (Fsp3) is 0.278. The Hall–Kier alpha value is -1.43. The first-order chi connectivity index (χ1) is 12.1. The van der Waals surface area contributed by atoms with Gasteiger partial charge >= 0.3 is 0 Å². The fourth-order valence-electron chi connectivity index (χ4n) is 2.70. The number of rotatable bonds is 7. The molecule has 132 valence electrons. The molecule has 0 atom stereocenters. The Morgan fingerprint density at radius 1 is 1.24 bits per heavy atom. The van der Waals surface area contributed by atoms with Gasteiger partial charge in [0.1, 0.15) is 5.75 Å². The first kappa shape index (κ1) is 18.4. The molecule has 3 aromatic rings. The topological polar surface area (TPSA) is 26.5 Å². The molecule has 7 heteroatoms. The summed E-state index contributed by atoms with van der Waals surface area (Å²) in [6, 6.07) is 9.43. The largest absolute Gasteiger partial charge is 0.494 e. The summed E-state index contributed by atoms with van der Waals surface area (Å²) in [5.74, 6) is 1.21. The zero-order valence-electron chi connectivity index (χ0n) is 13.6. The third kappa shape index (κ3) is 4.05. The maximum absolute atomic E-state index is 12.0. The number of halogens is 3. The van der Waals surface area contributed by atoms with Gasteiger partial charge in [-0.05, 0) is 43.2 Å². The minimum atomic E-state index is 0.334. The van der Waals surface area contributed by atoms with Crippen LogP contribution in [-0.4, -0.2) is 21.7 Å². The molecule has 0 amide bonds. The van der Waals surface area contributed by atoms with Gasteiger partial charge in [0.15, 0.2) is 5.65 Å². The lowest BCUT2D eigenvalue weighted by molar-refractivity contribution is 0.318. The van der Waals surface area contributed by atoms with Crippen LogP contribution in [0.3, 0.4) is 0 Å². The lowest BCUT2D eigenvalue weighted by Crippen LogP contribution is -1.98. The highest BCUT2D eigenvalue weighted by Crippen LogP contribution is 2.31. The maximum Gasteiger partial charge on any atom is 0.156 e. The number of pyridine rings is 1. The van der Waals surface area contributed by atoms with Gasteiger partial charge in [0.05, 0.1) is 28.0 Å². The predicted molar refractivity (Wildman–Crippen MR) is 104 cm³/mol. The van der Waals surface area contributed by atoms with Crippen molar-refractivity contribution in [1.82, 2.24) is 9.38 Å². The highest BCUT2D eigenvalue weighted by atomic mass is 35.5. The van der Waals surface area contributed by atoms with Gasteiger partial charge in [-0.1, -0.05) is 30.1 Å². The van der Waals surface area contributed by atoms with Crippen LogP contribution in [0.25, 0.3) is 16.9 Å². The Morgan fingerprint density at radius 3 is 2.68 bits per heavy atom. The molecule has 0 N–H and O–H groups in total. The second-order valence-corrected chi connectivity index (χ2v) is 6.97. The van der Waals surface area contributed by atoms with Crippen LogP contribution in [0.15, 0.2) is 36.5 Å². The van der Waals surface area contributed by atoms with Crippen molar-refractivity contribution in [2.45, 2.75) is 19.8 Å². The minimum absolute atomic E-state index is 0.334. The predicted octanol–water partition coefficient (Wildman–Crippen LogP) is 6.26. The van der Waals surface area contributed by atoms with E-state index in [9.17, 15) is 3.89 Å². The standard InChI is InChI=1S/C18H17Cl2FN2OS/c1-2-16-17(22-18-15(20)10-13(19)11-23(16)18)12-4-6-14(7-5-12)24-8-3-9-25-21/h4-7,10-11H,2-3,8-9H2,1H3. The fourth-order valence-corrected chi connectivity index (χ4v) is 3.44. The summed E-state index contributed by atoms with van der Waals surface area (Å²) >= 11 is 12.7. The molecule has 0 unspecified atom stereocenters. The Morgan fingerprint density at radius 2 is 2.00 bits per heavy atom. The van der Waals surface area contributed by atoms with Gasteiger partial charge in [-0.3, -0.25) is 0 Å². The van der Waals surface area contributed by atoms with E-state index in [1.54, 1.807) is 6.07 Å². The monoisotopic (exact) mass is 398 g/mol. The summed E-state index contributed by atoms with van der Waals surface area (Å²) in [5.41, 5.74) is 3.61. The first-order valence-electron chi connectivity index (χ1n) is 7.96. The summed E-state index contributed by atoms with van der Waals surface area (Å²) in [6.07, 6.45) is 3.30. The second kappa shape index (κ2) is 8.30. The van der Waals surface area contributed by atoms with E-state index in [0.29, 0.717) is 46.6 Å². The van der Waals surface area contributed by atoms with E-state index >= 15 is 0 Å². The molecule has 2 heterocycles. The third-order valence-electron chi connectivity index (χ3n) is 3.84. The summed E-state index contributed by atoms with van der Waals surface area (Å²) in [4.78, 5) is 4.70. The van der Waals surface area contributed by atoms with Crippen molar-refractivity contribution in [3.05, 3.63) is 52.3 Å². The quantitative estimate of drug-likeness (QED) is 0.439.